The van der Waals surface area contributed by atoms with Gasteiger partial charge in [-0.05, 0) is 6.07 Å². The molecule has 0 saturated heterocycles. The van der Waals surface area contributed by atoms with E-state index in [0.717, 1.165) is 12.3 Å². The van der Waals surface area contributed by atoms with E-state index >= 15 is 0 Å². The van der Waals surface area contributed by atoms with E-state index in [-0.39, 0.29) is 16.0 Å². The summed E-state index contributed by atoms with van der Waals surface area (Å²) in [5.41, 5.74) is 3.42. The van der Waals surface area contributed by atoms with Crippen LogP contribution in [0.5, 0.6) is 0 Å². The van der Waals surface area contributed by atoms with E-state index in [1.165, 1.54) is 0 Å². The van der Waals surface area contributed by atoms with Crippen LogP contribution in [0.2, 0.25) is 0 Å². The molecule has 0 spiro atoms. The van der Waals surface area contributed by atoms with E-state index < -0.39 is 27.6 Å². The molecule has 19 heavy (non-hydrogen) atoms. The Bertz CT molecular complexity index is 621. The minimum Gasteiger partial charge on any atom is -0.618 e. The summed E-state index contributed by atoms with van der Waals surface area (Å²) in [5.74, 6) is -0.351. The summed E-state index contributed by atoms with van der Waals surface area (Å²) < 4.78 is 51.5. The Morgan fingerprint density at radius 2 is 2.11 bits per heavy atom. The molecule has 0 aromatic carbocycles. The standard InChI is InChI=1S/C9H10F3N3O3S/c1-19(18,14-8(13)16)5-6-2-3-7(9(10,11)12)15(17)4-6/h2-4H,5H2,1H3,(H2,13,16). The van der Waals surface area contributed by atoms with Gasteiger partial charge in [-0.1, -0.05) is 0 Å². The number of aromatic nitrogens is 1. The van der Waals surface area contributed by atoms with Gasteiger partial charge in [0.1, 0.15) is 0 Å². The smallest absolute Gasteiger partial charge is 0.478 e. The van der Waals surface area contributed by atoms with E-state index in [0.29, 0.717) is 12.3 Å². The van der Waals surface area contributed by atoms with Crippen LogP contribution in [0.25, 0.3) is 0 Å². The summed E-state index contributed by atoms with van der Waals surface area (Å²) in [6, 6.07) is 0.424. The predicted molar refractivity (Wildman–Crippen MR) is 60.2 cm³/mol. The van der Waals surface area contributed by atoms with Gasteiger partial charge in [-0.2, -0.15) is 17.9 Å². The van der Waals surface area contributed by atoms with Crippen molar-refractivity contribution in [1.82, 2.24) is 0 Å². The van der Waals surface area contributed by atoms with Crippen LogP contribution in [-0.4, -0.2) is 16.5 Å². The Balaban J connectivity index is 3.11. The van der Waals surface area contributed by atoms with E-state index in [1.807, 2.05) is 0 Å². The first-order chi connectivity index (χ1) is 8.51. The highest BCUT2D eigenvalue weighted by molar-refractivity contribution is 7.92. The quantitative estimate of drug-likeness (QED) is 0.651. The lowest BCUT2D eigenvalue weighted by atomic mass is 10.2. The third-order valence-corrected chi connectivity index (χ3v) is 3.42. The predicted octanol–water partition coefficient (Wildman–Crippen LogP) is 1.02. The van der Waals surface area contributed by atoms with Gasteiger partial charge >= 0.3 is 12.2 Å². The third kappa shape index (κ3) is 4.39. The van der Waals surface area contributed by atoms with Crippen LogP contribution < -0.4 is 10.5 Å². The average molecular weight is 297 g/mol. The second-order valence-corrected chi connectivity index (χ2v) is 6.17. The van der Waals surface area contributed by atoms with Crippen LogP contribution in [0, 0.1) is 5.21 Å². The molecule has 1 aromatic heterocycles. The van der Waals surface area contributed by atoms with Gasteiger partial charge in [-0.15, -0.1) is 4.36 Å². The molecule has 6 nitrogen and oxygen atoms in total. The minimum atomic E-state index is -4.77. The second kappa shape index (κ2) is 5.03. The zero-order chi connectivity index (χ0) is 14.8. The molecule has 1 rings (SSSR count). The number of hydrogen-bond donors (Lipinski definition) is 1. The van der Waals surface area contributed by atoms with Gasteiger partial charge in [0, 0.05) is 17.9 Å². The molecule has 2 N–H and O–H groups in total. The number of carbonyl (C=O) groups excluding carboxylic acids is 1. The van der Waals surface area contributed by atoms with Crippen molar-refractivity contribution in [2.75, 3.05) is 6.26 Å². The van der Waals surface area contributed by atoms with Gasteiger partial charge in [-0.3, -0.25) is 0 Å². The number of amides is 2. The fraction of sp³-hybridized carbons (Fsp3) is 0.333. The molecular formula is C9H10F3N3O3S. The van der Waals surface area contributed by atoms with Crippen LogP contribution >= 0.6 is 0 Å². The number of alkyl halides is 3. The van der Waals surface area contributed by atoms with Crippen molar-refractivity contribution < 1.29 is 26.9 Å². The van der Waals surface area contributed by atoms with E-state index in [2.05, 4.69) is 4.36 Å². The fourth-order valence-corrected chi connectivity index (χ4v) is 2.59. The molecule has 0 aliphatic carbocycles. The average Bonchev–Trinajstić information content (AvgIpc) is 2.11. The van der Waals surface area contributed by atoms with Crippen molar-refractivity contribution in [2.45, 2.75) is 11.9 Å². The van der Waals surface area contributed by atoms with Crippen molar-refractivity contribution in [2.24, 2.45) is 10.1 Å². The number of hydrogen-bond acceptors (Lipinski definition) is 3. The monoisotopic (exact) mass is 297 g/mol. The zero-order valence-electron chi connectivity index (χ0n) is 9.68. The highest BCUT2D eigenvalue weighted by atomic mass is 32.2. The summed E-state index contributed by atoms with van der Waals surface area (Å²) in [6.45, 7) is 0. The maximum Gasteiger partial charge on any atom is 0.478 e. The number of carbonyl (C=O) groups is 1. The van der Waals surface area contributed by atoms with Gasteiger partial charge in [0.15, 0.2) is 6.20 Å². The summed E-state index contributed by atoms with van der Waals surface area (Å²) >= 11 is 0. The molecular weight excluding hydrogens is 287 g/mol. The first-order valence-corrected chi connectivity index (χ1v) is 6.89. The number of halogens is 3. The van der Waals surface area contributed by atoms with Crippen molar-refractivity contribution in [3.63, 3.8) is 0 Å². The SMILES string of the molecule is CS(=O)(Cc1ccc(C(F)(F)F)[n+]([O-])c1)=NC(N)=O. The molecule has 0 fully saturated rings. The highest BCUT2D eigenvalue weighted by Crippen LogP contribution is 2.26. The van der Waals surface area contributed by atoms with Gasteiger partial charge in [0.05, 0.1) is 15.5 Å². The van der Waals surface area contributed by atoms with Crippen LogP contribution in [0.15, 0.2) is 22.7 Å². The zero-order valence-corrected chi connectivity index (χ0v) is 10.5. The van der Waals surface area contributed by atoms with Crippen molar-refractivity contribution >= 4 is 15.8 Å². The molecule has 1 aromatic rings. The number of nitrogens with zero attached hydrogens (tertiary/aromatic N) is 2. The van der Waals surface area contributed by atoms with Gasteiger partial charge in [-0.25, -0.2) is 9.00 Å². The number of primary amides is 1. The molecule has 0 aliphatic rings. The Morgan fingerprint density at radius 1 is 1.53 bits per heavy atom. The Hall–Kier alpha value is -1.84. The molecule has 10 heteroatoms. The maximum atomic E-state index is 12.3. The molecule has 1 atom stereocenters. The number of urea groups is 1. The fourth-order valence-electron chi connectivity index (χ4n) is 1.36. The molecule has 1 heterocycles. The largest absolute Gasteiger partial charge is 0.618 e. The number of nitrogens with two attached hydrogens (primary N) is 1. The maximum absolute atomic E-state index is 12.3. The molecule has 106 valence electrons. The normalized spacial score (nSPS) is 14.7. The number of rotatable bonds is 2. The van der Waals surface area contributed by atoms with Crippen molar-refractivity contribution in [1.29, 1.82) is 0 Å². The molecule has 2 amide bonds. The van der Waals surface area contributed by atoms with Crippen LogP contribution in [0.1, 0.15) is 11.3 Å². The summed E-state index contributed by atoms with van der Waals surface area (Å²) in [5, 5.41) is 11.2. The van der Waals surface area contributed by atoms with E-state index in [1.54, 1.807) is 0 Å². The highest BCUT2D eigenvalue weighted by Gasteiger charge is 2.39. The van der Waals surface area contributed by atoms with Gasteiger partial charge in [0.2, 0.25) is 0 Å². The Kier molecular flexibility index (Phi) is 4.03. The van der Waals surface area contributed by atoms with Crippen molar-refractivity contribution in [3.05, 3.63) is 34.8 Å². The minimum absolute atomic E-state index is 0.0560. The topological polar surface area (TPSA) is 99.5 Å². The molecule has 0 radical (unpaired) electrons. The first kappa shape index (κ1) is 15.2. The Labute approximate surface area is 106 Å². The Morgan fingerprint density at radius 3 is 2.53 bits per heavy atom. The molecule has 0 bridgehead atoms. The lowest BCUT2D eigenvalue weighted by Crippen LogP contribution is -2.36. The second-order valence-electron chi connectivity index (χ2n) is 3.78. The lowest BCUT2D eigenvalue weighted by molar-refractivity contribution is -0.629. The summed E-state index contributed by atoms with van der Waals surface area (Å²) in [6.07, 6.45) is -3.02. The molecule has 0 aliphatic heterocycles. The first-order valence-electron chi connectivity index (χ1n) is 4.80. The summed E-state index contributed by atoms with van der Waals surface area (Å²) in [7, 11) is -3.03. The third-order valence-electron chi connectivity index (χ3n) is 1.98. The number of pyridine rings is 1. The van der Waals surface area contributed by atoms with Crippen molar-refractivity contribution in [3.8, 4) is 0 Å². The van der Waals surface area contributed by atoms with Gasteiger partial charge < -0.3 is 10.9 Å². The lowest BCUT2D eigenvalue weighted by Gasteiger charge is -2.09. The van der Waals surface area contributed by atoms with Gasteiger partial charge in [0.25, 0.3) is 5.69 Å². The van der Waals surface area contributed by atoms with Crippen LogP contribution in [0.3, 0.4) is 0 Å². The van der Waals surface area contributed by atoms with Crippen LogP contribution in [0.4, 0.5) is 18.0 Å². The van der Waals surface area contributed by atoms with E-state index in [9.17, 15) is 27.4 Å². The molecule has 0 saturated carbocycles. The van der Waals surface area contributed by atoms with E-state index in [4.69, 9.17) is 5.73 Å². The van der Waals surface area contributed by atoms with Crippen LogP contribution in [-0.2, 0) is 21.7 Å². The summed E-state index contributed by atoms with van der Waals surface area (Å²) in [4.78, 5) is 10.5. The molecule has 1 unspecified atom stereocenters.